The van der Waals surface area contributed by atoms with Crippen LogP contribution >= 0.6 is 0 Å². The Labute approximate surface area is 189 Å². The van der Waals surface area contributed by atoms with Crippen LogP contribution in [0, 0.1) is 0 Å². The SMILES string of the molecule is C=c1[nH]n(-c2ccccc2)c(=O)/c1=C\c1ccc(OCc2ccc(C(=O)O)cc2)c(OC)c1. The summed E-state index contributed by atoms with van der Waals surface area (Å²) < 4.78 is 12.8. The Morgan fingerprint density at radius 2 is 1.79 bits per heavy atom. The van der Waals surface area contributed by atoms with Gasteiger partial charge in [-0.25, -0.2) is 9.48 Å². The number of methoxy groups -OCH3 is 1. The van der Waals surface area contributed by atoms with Crippen molar-refractivity contribution in [2.24, 2.45) is 0 Å². The fourth-order valence-corrected chi connectivity index (χ4v) is 3.37. The fourth-order valence-electron chi connectivity index (χ4n) is 3.37. The first-order valence-corrected chi connectivity index (χ1v) is 10.2. The quantitative estimate of drug-likeness (QED) is 0.459. The zero-order valence-electron chi connectivity index (χ0n) is 17.9. The summed E-state index contributed by atoms with van der Waals surface area (Å²) in [6.45, 7) is 4.22. The normalized spacial score (nSPS) is 11.4. The topological polar surface area (TPSA) is 93.6 Å². The number of carbonyl (C=O) groups is 1. The van der Waals surface area contributed by atoms with Crippen LogP contribution in [0.15, 0.2) is 77.6 Å². The Kier molecular flexibility index (Phi) is 6.13. The maximum absolute atomic E-state index is 12.9. The van der Waals surface area contributed by atoms with Gasteiger partial charge in [-0.2, -0.15) is 0 Å². The second-order valence-electron chi connectivity index (χ2n) is 7.33. The molecule has 0 spiro atoms. The van der Waals surface area contributed by atoms with Crippen molar-refractivity contribution < 1.29 is 19.4 Å². The van der Waals surface area contributed by atoms with E-state index in [1.54, 1.807) is 37.5 Å². The lowest BCUT2D eigenvalue weighted by Gasteiger charge is -2.11. The molecule has 0 bridgehead atoms. The molecule has 0 aliphatic rings. The van der Waals surface area contributed by atoms with Gasteiger partial charge in [-0.05, 0) is 53.6 Å². The summed E-state index contributed by atoms with van der Waals surface area (Å²) in [5.41, 5.74) is 2.33. The number of carboxylic acids is 1. The maximum Gasteiger partial charge on any atom is 0.335 e. The lowest BCUT2D eigenvalue weighted by molar-refractivity contribution is 0.0697. The van der Waals surface area contributed by atoms with Crippen molar-refractivity contribution in [3.05, 3.63) is 110 Å². The van der Waals surface area contributed by atoms with E-state index in [1.807, 2.05) is 36.4 Å². The van der Waals surface area contributed by atoms with Crippen molar-refractivity contribution in [3.8, 4) is 17.2 Å². The minimum absolute atomic E-state index is 0.199. The lowest BCUT2D eigenvalue weighted by Crippen LogP contribution is -2.33. The Hall–Kier alpha value is -4.52. The Balaban J connectivity index is 1.59. The molecule has 4 aromatic rings. The molecule has 7 nitrogen and oxygen atoms in total. The highest BCUT2D eigenvalue weighted by Gasteiger charge is 2.08. The number of aromatic amines is 1. The summed E-state index contributed by atoms with van der Waals surface area (Å²) in [7, 11) is 1.54. The molecule has 1 aromatic heterocycles. The summed E-state index contributed by atoms with van der Waals surface area (Å²) in [6.07, 6.45) is 1.75. The number of benzene rings is 3. The monoisotopic (exact) mass is 442 g/mol. The molecule has 0 amide bonds. The molecule has 1 heterocycles. The lowest BCUT2D eigenvalue weighted by atomic mass is 10.1. The van der Waals surface area contributed by atoms with E-state index < -0.39 is 5.97 Å². The van der Waals surface area contributed by atoms with Crippen LogP contribution < -0.4 is 25.6 Å². The molecule has 166 valence electrons. The summed E-state index contributed by atoms with van der Waals surface area (Å²) in [5, 5.41) is 13.0. The number of para-hydroxylation sites is 1. The minimum Gasteiger partial charge on any atom is -0.493 e. The molecule has 33 heavy (non-hydrogen) atoms. The highest BCUT2D eigenvalue weighted by atomic mass is 16.5. The van der Waals surface area contributed by atoms with Gasteiger partial charge in [-0.1, -0.05) is 43.0 Å². The average Bonchev–Trinajstić information content (AvgIpc) is 3.12. The van der Waals surface area contributed by atoms with Crippen LogP contribution in [0.25, 0.3) is 18.3 Å². The van der Waals surface area contributed by atoms with Gasteiger partial charge in [0, 0.05) is 0 Å². The van der Waals surface area contributed by atoms with E-state index in [9.17, 15) is 9.59 Å². The Morgan fingerprint density at radius 1 is 1.06 bits per heavy atom. The molecule has 0 aliphatic carbocycles. The van der Waals surface area contributed by atoms with Crippen molar-refractivity contribution in [3.63, 3.8) is 0 Å². The van der Waals surface area contributed by atoms with Gasteiger partial charge < -0.3 is 14.6 Å². The maximum atomic E-state index is 12.9. The number of aromatic carboxylic acids is 1. The summed E-state index contributed by atoms with van der Waals surface area (Å²) in [5.74, 6) is 0.0670. The first-order chi connectivity index (χ1) is 16.0. The molecule has 3 aromatic carbocycles. The Morgan fingerprint density at radius 3 is 2.45 bits per heavy atom. The summed E-state index contributed by atoms with van der Waals surface area (Å²) >= 11 is 0. The highest BCUT2D eigenvalue weighted by Crippen LogP contribution is 2.29. The summed E-state index contributed by atoms with van der Waals surface area (Å²) in [6, 6.07) is 21.1. The highest BCUT2D eigenvalue weighted by molar-refractivity contribution is 5.87. The smallest absolute Gasteiger partial charge is 0.335 e. The van der Waals surface area contributed by atoms with Crippen molar-refractivity contribution in [2.45, 2.75) is 6.61 Å². The van der Waals surface area contributed by atoms with E-state index in [4.69, 9.17) is 14.6 Å². The van der Waals surface area contributed by atoms with E-state index in [1.165, 1.54) is 16.8 Å². The van der Waals surface area contributed by atoms with Crippen LogP contribution in [-0.2, 0) is 6.61 Å². The van der Waals surface area contributed by atoms with Gasteiger partial charge in [0.25, 0.3) is 5.56 Å². The van der Waals surface area contributed by atoms with E-state index in [0.29, 0.717) is 22.1 Å². The Bertz CT molecular complexity index is 1450. The molecule has 2 N–H and O–H groups in total. The number of rotatable bonds is 7. The second-order valence-corrected chi connectivity index (χ2v) is 7.33. The molecule has 0 radical (unpaired) electrons. The average molecular weight is 442 g/mol. The van der Waals surface area contributed by atoms with E-state index in [-0.39, 0.29) is 17.7 Å². The van der Waals surface area contributed by atoms with Crippen molar-refractivity contribution in [2.75, 3.05) is 7.11 Å². The predicted molar refractivity (Wildman–Crippen MR) is 125 cm³/mol. The minimum atomic E-state index is -0.973. The first kappa shape index (κ1) is 21.7. The number of nitrogens with one attached hydrogen (secondary N) is 1. The van der Waals surface area contributed by atoms with Crippen molar-refractivity contribution in [1.29, 1.82) is 0 Å². The van der Waals surface area contributed by atoms with Gasteiger partial charge in [0.1, 0.15) is 6.61 Å². The third kappa shape index (κ3) is 4.72. The molecule has 0 saturated carbocycles. The van der Waals surface area contributed by atoms with E-state index in [2.05, 4.69) is 11.7 Å². The van der Waals surface area contributed by atoms with E-state index >= 15 is 0 Å². The fraction of sp³-hybridized carbons (Fsp3) is 0.0769. The largest absolute Gasteiger partial charge is 0.493 e. The van der Waals surface area contributed by atoms with Crippen LogP contribution in [0.2, 0.25) is 0 Å². The van der Waals surface area contributed by atoms with Gasteiger partial charge >= 0.3 is 5.97 Å². The van der Waals surface area contributed by atoms with Gasteiger partial charge in [-0.3, -0.25) is 9.89 Å². The van der Waals surface area contributed by atoms with Gasteiger partial charge in [-0.15, -0.1) is 0 Å². The third-order valence-electron chi connectivity index (χ3n) is 5.11. The van der Waals surface area contributed by atoms with Crippen LogP contribution in [0.3, 0.4) is 0 Å². The summed E-state index contributed by atoms with van der Waals surface area (Å²) in [4.78, 5) is 23.9. The van der Waals surface area contributed by atoms with Crippen LogP contribution in [0.5, 0.6) is 11.5 Å². The van der Waals surface area contributed by atoms with Gasteiger partial charge in [0.2, 0.25) is 0 Å². The van der Waals surface area contributed by atoms with Crippen LogP contribution in [0.1, 0.15) is 21.5 Å². The zero-order valence-corrected chi connectivity index (χ0v) is 17.9. The molecule has 0 fully saturated rings. The molecular weight excluding hydrogens is 420 g/mol. The molecule has 4 rings (SSSR count). The number of carboxylic acid groups (broad SMARTS) is 1. The molecular formula is C26H22N2O5. The van der Waals surface area contributed by atoms with Gasteiger partial charge in [0.15, 0.2) is 11.5 Å². The first-order valence-electron chi connectivity index (χ1n) is 10.2. The zero-order chi connectivity index (χ0) is 23.4. The number of nitrogens with zero attached hydrogens (tertiary/aromatic N) is 1. The standard InChI is InChI=1S/C26H22N2O5/c1-17-22(25(29)28(27-17)21-6-4-3-5-7-21)14-19-10-13-23(24(15-19)32-2)33-16-18-8-11-20(12-9-18)26(30)31/h3-15,27H,1,16H2,2H3,(H,30,31)/b22-14-. The molecule has 0 unspecified atom stereocenters. The number of ether oxygens (including phenoxy) is 2. The second kappa shape index (κ2) is 9.32. The van der Waals surface area contributed by atoms with Gasteiger partial charge in [0.05, 0.1) is 28.9 Å². The number of hydrogen-bond acceptors (Lipinski definition) is 4. The molecule has 0 saturated heterocycles. The van der Waals surface area contributed by atoms with Crippen molar-refractivity contribution >= 4 is 18.6 Å². The van der Waals surface area contributed by atoms with Crippen LogP contribution in [-0.4, -0.2) is 28.0 Å². The van der Waals surface area contributed by atoms with Crippen molar-refractivity contribution in [1.82, 2.24) is 9.78 Å². The number of hydrogen-bond donors (Lipinski definition) is 2. The van der Waals surface area contributed by atoms with Crippen LogP contribution in [0.4, 0.5) is 0 Å². The molecule has 0 aliphatic heterocycles. The third-order valence-corrected chi connectivity index (χ3v) is 5.11. The molecule has 7 heteroatoms. The van der Waals surface area contributed by atoms with E-state index in [0.717, 1.165) is 16.8 Å². The number of aromatic nitrogens is 2. The predicted octanol–water partition coefficient (Wildman–Crippen LogP) is 2.69. The number of H-pyrrole nitrogens is 1. The molecule has 0 atom stereocenters.